The third kappa shape index (κ3) is 2.97. The first-order valence-corrected chi connectivity index (χ1v) is 8.80. The minimum absolute atomic E-state index is 0.0680. The number of likely N-dealkylation sites (tertiary alicyclic amines) is 1. The summed E-state index contributed by atoms with van der Waals surface area (Å²) >= 11 is 1.62. The molecular weight excluding hydrogens is 322 g/mol. The van der Waals surface area contributed by atoms with Crippen molar-refractivity contribution in [2.75, 3.05) is 13.1 Å². The molecule has 0 bridgehead atoms. The standard InChI is InChI=1S/C18H17N3O2S/c22-17(9-14-7-4-8-24-14)21-10-15(13-5-2-1-3-6-13)16(11-21)18-19-12-23-20-18/h1-8,12,15-16H,9-11H2. The van der Waals surface area contributed by atoms with E-state index in [1.54, 1.807) is 11.3 Å². The number of carbonyl (C=O) groups excluding carboxylic acids is 1. The van der Waals surface area contributed by atoms with Crippen LogP contribution in [-0.2, 0) is 11.2 Å². The minimum Gasteiger partial charge on any atom is -0.343 e. The van der Waals surface area contributed by atoms with Crippen molar-refractivity contribution in [1.29, 1.82) is 0 Å². The quantitative estimate of drug-likeness (QED) is 0.733. The van der Waals surface area contributed by atoms with E-state index >= 15 is 0 Å². The highest BCUT2D eigenvalue weighted by Gasteiger charge is 2.39. The van der Waals surface area contributed by atoms with Crippen LogP contribution in [0.4, 0.5) is 0 Å². The molecule has 2 aromatic heterocycles. The van der Waals surface area contributed by atoms with Gasteiger partial charge in [-0.25, -0.2) is 0 Å². The highest BCUT2D eigenvalue weighted by atomic mass is 32.1. The molecule has 3 heterocycles. The summed E-state index contributed by atoms with van der Waals surface area (Å²) in [6, 6.07) is 14.2. The van der Waals surface area contributed by atoms with Crippen molar-refractivity contribution in [1.82, 2.24) is 15.0 Å². The molecule has 4 rings (SSSR count). The SMILES string of the molecule is O=C(Cc1cccs1)N1CC(c2ccccc2)C(c2ncon2)C1. The lowest BCUT2D eigenvalue weighted by Crippen LogP contribution is -2.30. The molecule has 1 aromatic carbocycles. The van der Waals surface area contributed by atoms with Gasteiger partial charge in [0.25, 0.3) is 0 Å². The van der Waals surface area contributed by atoms with Crippen molar-refractivity contribution in [2.45, 2.75) is 18.3 Å². The van der Waals surface area contributed by atoms with Crippen LogP contribution >= 0.6 is 11.3 Å². The van der Waals surface area contributed by atoms with Gasteiger partial charge >= 0.3 is 0 Å². The van der Waals surface area contributed by atoms with Gasteiger partial charge in [-0.1, -0.05) is 41.6 Å². The topological polar surface area (TPSA) is 59.2 Å². The Bertz CT molecular complexity index is 787. The van der Waals surface area contributed by atoms with Gasteiger partial charge in [-0.3, -0.25) is 4.79 Å². The van der Waals surface area contributed by atoms with Crippen LogP contribution in [0.5, 0.6) is 0 Å². The molecule has 0 radical (unpaired) electrons. The Hall–Kier alpha value is -2.47. The largest absolute Gasteiger partial charge is 0.343 e. The maximum atomic E-state index is 12.7. The van der Waals surface area contributed by atoms with E-state index in [0.29, 0.717) is 25.3 Å². The van der Waals surface area contributed by atoms with Gasteiger partial charge in [0, 0.05) is 29.8 Å². The number of amides is 1. The summed E-state index contributed by atoms with van der Waals surface area (Å²) in [5.41, 5.74) is 1.21. The second kappa shape index (κ2) is 6.57. The van der Waals surface area contributed by atoms with E-state index in [1.165, 1.54) is 12.0 Å². The number of nitrogens with zero attached hydrogens (tertiary/aromatic N) is 3. The Balaban J connectivity index is 1.57. The number of carbonyl (C=O) groups is 1. The number of hydrogen-bond acceptors (Lipinski definition) is 5. The average Bonchev–Trinajstić information content (AvgIpc) is 3.36. The van der Waals surface area contributed by atoms with E-state index in [2.05, 4.69) is 22.3 Å². The third-order valence-electron chi connectivity index (χ3n) is 4.52. The molecule has 6 heteroatoms. The van der Waals surface area contributed by atoms with Crippen molar-refractivity contribution in [2.24, 2.45) is 0 Å². The summed E-state index contributed by atoms with van der Waals surface area (Å²) in [5, 5.41) is 6.02. The first-order chi connectivity index (χ1) is 11.8. The second-order valence-corrected chi connectivity index (χ2v) is 7.00. The van der Waals surface area contributed by atoms with Crippen molar-refractivity contribution < 1.29 is 9.32 Å². The Labute approximate surface area is 143 Å². The fourth-order valence-corrected chi connectivity index (χ4v) is 4.02. The van der Waals surface area contributed by atoms with E-state index in [-0.39, 0.29) is 17.7 Å². The lowest BCUT2D eigenvalue weighted by atomic mass is 9.88. The predicted molar refractivity (Wildman–Crippen MR) is 90.8 cm³/mol. The Morgan fingerprint density at radius 3 is 2.71 bits per heavy atom. The zero-order valence-corrected chi connectivity index (χ0v) is 13.9. The molecule has 1 aliphatic rings. The molecule has 1 amide bonds. The summed E-state index contributed by atoms with van der Waals surface area (Å²) in [6.07, 6.45) is 1.81. The van der Waals surface area contributed by atoms with Crippen molar-refractivity contribution in [3.8, 4) is 0 Å². The molecule has 2 unspecified atom stereocenters. The van der Waals surface area contributed by atoms with E-state index in [4.69, 9.17) is 4.52 Å². The second-order valence-electron chi connectivity index (χ2n) is 5.97. The first-order valence-electron chi connectivity index (χ1n) is 7.92. The molecular formula is C18H17N3O2S. The predicted octanol–water partition coefficient (Wildman–Crippen LogP) is 3.08. The molecule has 1 saturated heterocycles. The van der Waals surface area contributed by atoms with Crippen LogP contribution in [-0.4, -0.2) is 34.0 Å². The third-order valence-corrected chi connectivity index (χ3v) is 5.39. The number of benzene rings is 1. The Morgan fingerprint density at radius 1 is 1.17 bits per heavy atom. The fraction of sp³-hybridized carbons (Fsp3) is 0.278. The summed E-state index contributed by atoms with van der Waals surface area (Å²) in [4.78, 5) is 19.9. The van der Waals surface area contributed by atoms with Crippen molar-refractivity contribution in [3.63, 3.8) is 0 Å². The first kappa shape index (κ1) is 15.1. The Morgan fingerprint density at radius 2 is 2.00 bits per heavy atom. The summed E-state index contributed by atoms with van der Waals surface area (Å²) in [6.45, 7) is 1.32. The van der Waals surface area contributed by atoms with E-state index in [9.17, 15) is 4.79 Å². The van der Waals surface area contributed by atoms with Crippen LogP contribution in [0, 0.1) is 0 Å². The van der Waals surface area contributed by atoms with Crippen LogP contribution in [0.1, 0.15) is 28.1 Å². The van der Waals surface area contributed by atoms with Gasteiger partial charge < -0.3 is 9.42 Å². The summed E-state index contributed by atoms with van der Waals surface area (Å²) in [7, 11) is 0. The molecule has 0 N–H and O–H groups in total. The molecule has 122 valence electrons. The number of rotatable bonds is 4. The molecule has 3 aromatic rings. The smallest absolute Gasteiger partial charge is 0.227 e. The summed E-state index contributed by atoms with van der Waals surface area (Å²) in [5.74, 6) is 1.09. The average molecular weight is 339 g/mol. The lowest BCUT2D eigenvalue weighted by molar-refractivity contribution is -0.129. The number of hydrogen-bond donors (Lipinski definition) is 0. The fourth-order valence-electron chi connectivity index (χ4n) is 3.32. The van der Waals surface area contributed by atoms with Crippen LogP contribution in [0.25, 0.3) is 0 Å². The lowest BCUT2D eigenvalue weighted by Gasteiger charge is -2.16. The van der Waals surface area contributed by atoms with Gasteiger partial charge in [-0.2, -0.15) is 4.98 Å². The zero-order chi connectivity index (χ0) is 16.4. The van der Waals surface area contributed by atoms with Crippen molar-refractivity contribution in [3.05, 3.63) is 70.5 Å². The molecule has 1 fully saturated rings. The molecule has 24 heavy (non-hydrogen) atoms. The molecule has 0 aliphatic carbocycles. The highest BCUT2D eigenvalue weighted by Crippen LogP contribution is 2.38. The van der Waals surface area contributed by atoms with Gasteiger partial charge in [-0.05, 0) is 17.0 Å². The van der Waals surface area contributed by atoms with E-state index < -0.39 is 0 Å². The van der Waals surface area contributed by atoms with Gasteiger partial charge in [0.2, 0.25) is 12.3 Å². The van der Waals surface area contributed by atoms with Crippen LogP contribution in [0.3, 0.4) is 0 Å². The number of thiophene rings is 1. The van der Waals surface area contributed by atoms with Gasteiger partial charge in [0.05, 0.1) is 6.42 Å². The summed E-state index contributed by atoms with van der Waals surface area (Å²) < 4.78 is 4.93. The highest BCUT2D eigenvalue weighted by molar-refractivity contribution is 7.10. The molecule has 5 nitrogen and oxygen atoms in total. The minimum atomic E-state index is 0.0680. The van der Waals surface area contributed by atoms with Crippen LogP contribution in [0.15, 0.2) is 58.8 Å². The maximum absolute atomic E-state index is 12.7. The monoisotopic (exact) mass is 339 g/mol. The van der Waals surface area contributed by atoms with Crippen molar-refractivity contribution >= 4 is 17.2 Å². The molecule has 2 atom stereocenters. The van der Waals surface area contributed by atoms with Gasteiger partial charge in [-0.15, -0.1) is 11.3 Å². The molecule has 1 aliphatic heterocycles. The zero-order valence-electron chi connectivity index (χ0n) is 13.0. The van der Waals surface area contributed by atoms with Gasteiger partial charge in [0.1, 0.15) is 0 Å². The Kier molecular flexibility index (Phi) is 4.13. The molecule has 0 spiro atoms. The van der Waals surface area contributed by atoms with E-state index in [1.807, 2.05) is 40.6 Å². The van der Waals surface area contributed by atoms with E-state index in [0.717, 1.165) is 4.88 Å². The molecule has 0 saturated carbocycles. The normalized spacial score (nSPS) is 20.4. The van der Waals surface area contributed by atoms with Crippen LogP contribution < -0.4 is 0 Å². The maximum Gasteiger partial charge on any atom is 0.227 e. The number of aromatic nitrogens is 2. The van der Waals surface area contributed by atoms with Crippen LogP contribution in [0.2, 0.25) is 0 Å². The van der Waals surface area contributed by atoms with Gasteiger partial charge in [0.15, 0.2) is 5.82 Å².